The predicted molar refractivity (Wildman–Crippen MR) is 57.2 cm³/mol. The molecule has 3 nitrogen and oxygen atoms in total. The first-order valence-corrected chi connectivity index (χ1v) is 4.84. The van der Waals surface area contributed by atoms with Crippen molar-refractivity contribution in [1.82, 2.24) is 0 Å². The van der Waals surface area contributed by atoms with Gasteiger partial charge >= 0.3 is 0 Å². The van der Waals surface area contributed by atoms with E-state index in [2.05, 4.69) is 0 Å². The maximum absolute atomic E-state index is 11.6. The average molecular weight is 190 g/mol. The molecule has 0 spiro atoms. The van der Waals surface area contributed by atoms with Crippen LogP contribution in [-0.4, -0.2) is 13.0 Å². The first-order valence-electron chi connectivity index (χ1n) is 4.84. The zero-order chi connectivity index (χ0) is 10.1. The van der Waals surface area contributed by atoms with Crippen LogP contribution >= 0.6 is 0 Å². The van der Waals surface area contributed by atoms with Gasteiger partial charge in [0, 0.05) is 24.8 Å². The SMILES string of the molecule is CN1C(=O)CCCc2c(N)cccc21. The Morgan fingerprint density at radius 3 is 2.93 bits per heavy atom. The highest BCUT2D eigenvalue weighted by Crippen LogP contribution is 2.29. The number of rotatable bonds is 0. The van der Waals surface area contributed by atoms with Crippen LogP contribution in [0.2, 0.25) is 0 Å². The van der Waals surface area contributed by atoms with Gasteiger partial charge in [0.1, 0.15) is 0 Å². The van der Waals surface area contributed by atoms with Gasteiger partial charge in [-0.3, -0.25) is 4.79 Å². The average Bonchev–Trinajstić information content (AvgIpc) is 2.31. The molecule has 1 heterocycles. The lowest BCUT2D eigenvalue weighted by atomic mass is 10.1. The number of amides is 1. The summed E-state index contributed by atoms with van der Waals surface area (Å²) in [5.74, 6) is 0.175. The topological polar surface area (TPSA) is 46.3 Å². The van der Waals surface area contributed by atoms with Crippen LogP contribution in [0.1, 0.15) is 18.4 Å². The predicted octanol–water partition coefficient (Wildman–Crippen LogP) is 1.57. The van der Waals surface area contributed by atoms with E-state index in [1.807, 2.05) is 25.2 Å². The molecule has 2 rings (SSSR count). The molecule has 0 fully saturated rings. The van der Waals surface area contributed by atoms with E-state index >= 15 is 0 Å². The third-order valence-electron chi connectivity index (χ3n) is 2.74. The summed E-state index contributed by atoms with van der Waals surface area (Å²) >= 11 is 0. The van der Waals surface area contributed by atoms with Crippen LogP contribution in [0.15, 0.2) is 18.2 Å². The fourth-order valence-corrected chi connectivity index (χ4v) is 1.90. The number of nitrogen functional groups attached to an aromatic ring is 1. The van der Waals surface area contributed by atoms with Crippen LogP contribution in [0, 0.1) is 0 Å². The molecule has 0 atom stereocenters. The monoisotopic (exact) mass is 190 g/mol. The number of carbonyl (C=O) groups is 1. The van der Waals surface area contributed by atoms with E-state index in [0.29, 0.717) is 6.42 Å². The minimum atomic E-state index is 0.175. The summed E-state index contributed by atoms with van der Waals surface area (Å²) in [7, 11) is 1.81. The third-order valence-corrected chi connectivity index (χ3v) is 2.74. The van der Waals surface area contributed by atoms with Crippen LogP contribution < -0.4 is 10.6 Å². The van der Waals surface area contributed by atoms with Gasteiger partial charge in [0.2, 0.25) is 5.91 Å². The molecule has 3 heteroatoms. The molecule has 0 bridgehead atoms. The molecular formula is C11H14N2O. The van der Waals surface area contributed by atoms with Gasteiger partial charge in [-0.2, -0.15) is 0 Å². The number of hydrogen-bond donors (Lipinski definition) is 1. The van der Waals surface area contributed by atoms with Gasteiger partial charge in [0.05, 0.1) is 0 Å². The number of benzene rings is 1. The van der Waals surface area contributed by atoms with Crippen molar-refractivity contribution in [3.63, 3.8) is 0 Å². The van der Waals surface area contributed by atoms with Gasteiger partial charge in [0.25, 0.3) is 0 Å². The molecule has 1 aliphatic heterocycles. The highest BCUT2D eigenvalue weighted by molar-refractivity contribution is 5.95. The summed E-state index contributed by atoms with van der Waals surface area (Å²) in [6, 6.07) is 5.74. The Morgan fingerprint density at radius 1 is 1.36 bits per heavy atom. The standard InChI is InChI=1S/C11H14N2O/c1-13-10-6-3-5-9(12)8(10)4-2-7-11(13)14/h3,5-6H,2,4,7,12H2,1H3. The fraction of sp³-hybridized carbons (Fsp3) is 0.364. The maximum Gasteiger partial charge on any atom is 0.226 e. The smallest absolute Gasteiger partial charge is 0.226 e. The normalized spacial score (nSPS) is 16.4. The maximum atomic E-state index is 11.6. The molecule has 0 saturated carbocycles. The molecule has 2 N–H and O–H groups in total. The van der Waals surface area contributed by atoms with Crippen LogP contribution in [-0.2, 0) is 11.2 Å². The summed E-state index contributed by atoms with van der Waals surface area (Å²) in [5, 5.41) is 0. The zero-order valence-corrected chi connectivity index (χ0v) is 8.29. The van der Waals surface area contributed by atoms with Gasteiger partial charge in [-0.25, -0.2) is 0 Å². The summed E-state index contributed by atoms with van der Waals surface area (Å²) in [6.07, 6.45) is 2.41. The first-order chi connectivity index (χ1) is 6.70. The number of carbonyl (C=O) groups excluding carboxylic acids is 1. The van der Waals surface area contributed by atoms with Crippen molar-refractivity contribution in [1.29, 1.82) is 0 Å². The number of fused-ring (bicyclic) bond motifs is 1. The van der Waals surface area contributed by atoms with Crippen LogP contribution in [0.5, 0.6) is 0 Å². The minimum absolute atomic E-state index is 0.175. The molecule has 0 radical (unpaired) electrons. The fourth-order valence-electron chi connectivity index (χ4n) is 1.90. The van der Waals surface area contributed by atoms with Crippen LogP contribution in [0.3, 0.4) is 0 Å². The number of hydrogen-bond acceptors (Lipinski definition) is 2. The lowest BCUT2D eigenvalue weighted by Crippen LogP contribution is -2.25. The lowest BCUT2D eigenvalue weighted by Gasteiger charge is -2.18. The summed E-state index contributed by atoms with van der Waals surface area (Å²) in [4.78, 5) is 13.3. The van der Waals surface area contributed by atoms with E-state index in [-0.39, 0.29) is 5.91 Å². The summed E-state index contributed by atoms with van der Waals surface area (Å²) in [6.45, 7) is 0. The highest BCUT2D eigenvalue weighted by Gasteiger charge is 2.19. The lowest BCUT2D eigenvalue weighted by molar-refractivity contribution is -0.118. The first kappa shape index (κ1) is 9.06. The number of nitrogens with zero attached hydrogens (tertiary/aromatic N) is 1. The molecule has 74 valence electrons. The Labute approximate surface area is 83.5 Å². The second-order valence-corrected chi connectivity index (χ2v) is 3.65. The van der Waals surface area contributed by atoms with E-state index in [4.69, 9.17) is 5.73 Å². The second-order valence-electron chi connectivity index (χ2n) is 3.65. The van der Waals surface area contributed by atoms with Crippen molar-refractivity contribution in [3.05, 3.63) is 23.8 Å². The van der Waals surface area contributed by atoms with Crippen LogP contribution in [0.4, 0.5) is 11.4 Å². The van der Waals surface area contributed by atoms with Crippen molar-refractivity contribution >= 4 is 17.3 Å². The van der Waals surface area contributed by atoms with Crippen LogP contribution in [0.25, 0.3) is 0 Å². The molecule has 1 aromatic carbocycles. The molecule has 0 saturated heterocycles. The van der Waals surface area contributed by atoms with E-state index in [0.717, 1.165) is 29.8 Å². The third kappa shape index (κ3) is 1.35. The Morgan fingerprint density at radius 2 is 2.14 bits per heavy atom. The van der Waals surface area contributed by atoms with Gasteiger partial charge in [-0.1, -0.05) is 6.07 Å². The zero-order valence-electron chi connectivity index (χ0n) is 8.29. The van der Waals surface area contributed by atoms with Crippen molar-refractivity contribution < 1.29 is 4.79 Å². The van der Waals surface area contributed by atoms with Gasteiger partial charge in [-0.05, 0) is 30.5 Å². The Bertz CT molecular complexity index is 374. The Hall–Kier alpha value is -1.51. The Balaban J connectivity index is 2.53. The largest absolute Gasteiger partial charge is 0.398 e. The molecule has 1 aliphatic rings. The summed E-state index contributed by atoms with van der Waals surface area (Å²) in [5.41, 5.74) is 8.75. The molecule has 0 aromatic heterocycles. The van der Waals surface area contributed by atoms with E-state index in [9.17, 15) is 4.79 Å². The number of nitrogens with two attached hydrogens (primary N) is 1. The molecule has 1 amide bonds. The van der Waals surface area contributed by atoms with Crippen molar-refractivity contribution in [2.75, 3.05) is 17.7 Å². The molecule has 0 aliphatic carbocycles. The minimum Gasteiger partial charge on any atom is -0.398 e. The van der Waals surface area contributed by atoms with Gasteiger partial charge in [0.15, 0.2) is 0 Å². The van der Waals surface area contributed by atoms with E-state index < -0.39 is 0 Å². The molecule has 14 heavy (non-hydrogen) atoms. The van der Waals surface area contributed by atoms with Gasteiger partial charge in [-0.15, -0.1) is 0 Å². The number of anilines is 2. The van der Waals surface area contributed by atoms with Crippen molar-refractivity contribution in [3.8, 4) is 0 Å². The van der Waals surface area contributed by atoms with Crippen molar-refractivity contribution in [2.45, 2.75) is 19.3 Å². The van der Waals surface area contributed by atoms with Crippen molar-refractivity contribution in [2.24, 2.45) is 0 Å². The molecule has 1 aromatic rings. The quantitative estimate of drug-likeness (QED) is 0.631. The molecular weight excluding hydrogens is 176 g/mol. The van der Waals surface area contributed by atoms with E-state index in [1.54, 1.807) is 4.90 Å². The van der Waals surface area contributed by atoms with Gasteiger partial charge < -0.3 is 10.6 Å². The highest BCUT2D eigenvalue weighted by atomic mass is 16.2. The molecule has 0 unspecified atom stereocenters. The van der Waals surface area contributed by atoms with E-state index in [1.165, 1.54) is 0 Å². The second kappa shape index (κ2) is 3.33. The Kier molecular flexibility index (Phi) is 2.15. The summed E-state index contributed by atoms with van der Waals surface area (Å²) < 4.78 is 0.